The second-order valence-corrected chi connectivity index (χ2v) is 5.08. The highest BCUT2D eigenvalue weighted by Gasteiger charge is 2.36. The van der Waals surface area contributed by atoms with Gasteiger partial charge in [0, 0.05) is 38.0 Å². The molecule has 0 spiro atoms. The summed E-state index contributed by atoms with van der Waals surface area (Å²) in [7, 11) is 0. The normalized spacial score (nSPS) is 27.8. The van der Waals surface area contributed by atoms with E-state index >= 15 is 0 Å². The number of aromatic nitrogens is 3. The quantitative estimate of drug-likeness (QED) is 0.765. The van der Waals surface area contributed by atoms with Gasteiger partial charge in [-0.3, -0.25) is 4.68 Å². The van der Waals surface area contributed by atoms with Crippen LogP contribution in [0, 0.1) is 0 Å². The molecule has 0 bridgehead atoms. The van der Waals surface area contributed by atoms with Gasteiger partial charge in [-0.25, -0.2) is 0 Å². The first-order chi connectivity index (χ1) is 8.64. The number of aliphatic hydroxyl groups is 1. The van der Waals surface area contributed by atoms with E-state index in [0.717, 1.165) is 18.7 Å². The third-order valence-corrected chi connectivity index (χ3v) is 3.69. The molecule has 1 aliphatic rings. The van der Waals surface area contributed by atoms with Crippen LogP contribution < -0.4 is 5.32 Å². The van der Waals surface area contributed by atoms with E-state index in [1.54, 1.807) is 4.68 Å². The van der Waals surface area contributed by atoms with Crippen LogP contribution in [-0.4, -0.2) is 45.0 Å². The molecule has 18 heavy (non-hydrogen) atoms. The third-order valence-electron chi connectivity index (χ3n) is 3.69. The Morgan fingerprint density at radius 3 is 3.17 bits per heavy atom. The van der Waals surface area contributed by atoms with Crippen molar-refractivity contribution >= 4 is 0 Å². The lowest BCUT2D eigenvalue weighted by atomic mass is 9.95. The Morgan fingerprint density at radius 2 is 2.50 bits per heavy atom. The number of hydrogen-bond acceptors (Lipinski definition) is 5. The maximum Gasteiger partial charge on any atom is 0.0965 e. The molecule has 1 fully saturated rings. The van der Waals surface area contributed by atoms with Crippen molar-refractivity contribution in [1.82, 2.24) is 20.3 Å². The maximum atomic E-state index is 8.76. The second kappa shape index (κ2) is 5.77. The maximum absolute atomic E-state index is 8.76. The minimum Gasteiger partial charge on any atom is -0.396 e. The van der Waals surface area contributed by atoms with Crippen molar-refractivity contribution in [3.8, 4) is 0 Å². The third kappa shape index (κ3) is 3.07. The average Bonchev–Trinajstić information content (AvgIpc) is 2.93. The molecule has 0 aromatic carbocycles. The van der Waals surface area contributed by atoms with Crippen molar-refractivity contribution in [3.05, 3.63) is 11.9 Å². The molecule has 0 saturated carbocycles. The highest BCUT2D eigenvalue weighted by atomic mass is 16.5. The molecule has 2 unspecified atom stereocenters. The fourth-order valence-electron chi connectivity index (χ4n) is 2.12. The number of aryl methyl sites for hydroxylation is 1. The van der Waals surface area contributed by atoms with Gasteiger partial charge in [-0.2, -0.15) is 0 Å². The molecule has 2 rings (SSSR count). The summed E-state index contributed by atoms with van der Waals surface area (Å²) in [4.78, 5) is 0. The Bertz CT molecular complexity index is 382. The molecule has 2 heterocycles. The largest absolute Gasteiger partial charge is 0.396 e. The van der Waals surface area contributed by atoms with E-state index in [0.29, 0.717) is 19.5 Å². The molecule has 1 aliphatic heterocycles. The highest BCUT2D eigenvalue weighted by Crippen LogP contribution is 2.25. The smallest absolute Gasteiger partial charge is 0.0965 e. The van der Waals surface area contributed by atoms with Gasteiger partial charge in [0.15, 0.2) is 0 Å². The van der Waals surface area contributed by atoms with Crippen LogP contribution in [0.3, 0.4) is 0 Å². The monoisotopic (exact) mass is 254 g/mol. The predicted octanol–water partition coefficient (Wildman–Crippen LogP) is 0.318. The van der Waals surface area contributed by atoms with Gasteiger partial charge in [-0.15, -0.1) is 5.10 Å². The molecule has 2 N–H and O–H groups in total. The summed E-state index contributed by atoms with van der Waals surface area (Å²) < 4.78 is 7.35. The lowest BCUT2D eigenvalue weighted by molar-refractivity contribution is 0.0880. The summed E-state index contributed by atoms with van der Waals surface area (Å²) in [5, 5.41) is 20.4. The minimum atomic E-state index is 0.0227. The summed E-state index contributed by atoms with van der Waals surface area (Å²) in [5.74, 6) is 0. The van der Waals surface area contributed by atoms with E-state index < -0.39 is 0 Å². The highest BCUT2D eigenvalue weighted by molar-refractivity contribution is 4.98. The number of rotatable bonds is 6. The van der Waals surface area contributed by atoms with Crippen molar-refractivity contribution < 1.29 is 9.84 Å². The summed E-state index contributed by atoms with van der Waals surface area (Å²) in [6.07, 6.45) is 3.87. The Morgan fingerprint density at radius 1 is 1.67 bits per heavy atom. The SMILES string of the molecule is CC1OCCC1(C)NCc1cn(CCCO)nn1. The van der Waals surface area contributed by atoms with Crippen molar-refractivity contribution in [1.29, 1.82) is 0 Å². The Labute approximate surface area is 107 Å². The topological polar surface area (TPSA) is 72.2 Å². The molecule has 6 nitrogen and oxygen atoms in total. The molecule has 0 radical (unpaired) electrons. The molecule has 6 heteroatoms. The van der Waals surface area contributed by atoms with Gasteiger partial charge in [0.05, 0.1) is 11.8 Å². The van der Waals surface area contributed by atoms with Gasteiger partial charge in [-0.05, 0) is 26.7 Å². The van der Waals surface area contributed by atoms with Crippen LogP contribution >= 0.6 is 0 Å². The number of nitrogens with one attached hydrogen (secondary N) is 1. The first-order valence-corrected chi connectivity index (χ1v) is 6.50. The molecule has 1 aromatic heterocycles. The van der Waals surface area contributed by atoms with Crippen molar-refractivity contribution in [3.63, 3.8) is 0 Å². The van der Waals surface area contributed by atoms with E-state index in [4.69, 9.17) is 9.84 Å². The van der Waals surface area contributed by atoms with E-state index in [1.165, 1.54) is 0 Å². The van der Waals surface area contributed by atoms with Crippen LogP contribution in [0.4, 0.5) is 0 Å². The molecule has 2 atom stereocenters. The fraction of sp³-hybridized carbons (Fsp3) is 0.833. The summed E-state index contributed by atoms with van der Waals surface area (Å²) in [5.41, 5.74) is 0.947. The summed E-state index contributed by atoms with van der Waals surface area (Å²) in [6.45, 7) is 6.68. The van der Waals surface area contributed by atoms with Gasteiger partial charge in [0.1, 0.15) is 0 Å². The van der Waals surface area contributed by atoms with Crippen molar-refractivity contribution in [2.45, 2.75) is 51.4 Å². The van der Waals surface area contributed by atoms with E-state index in [-0.39, 0.29) is 18.2 Å². The number of nitrogens with zero attached hydrogens (tertiary/aromatic N) is 3. The van der Waals surface area contributed by atoms with Crippen LogP contribution in [0.15, 0.2) is 6.20 Å². The Hall–Kier alpha value is -0.980. The Kier molecular flexibility index (Phi) is 4.31. The molecular formula is C12H22N4O2. The predicted molar refractivity (Wildman–Crippen MR) is 67.0 cm³/mol. The average molecular weight is 254 g/mol. The van der Waals surface area contributed by atoms with Gasteiger partial charge in [-0.1, -0.05) is 5.21 Å². The number of aliphatic hydroxyl groups excluding tert-OH is 1. The van der Waals surface area contributed by atoms with Crippen LogP contribution in [0.2, 0.25) is 0 Å². The minimum absolute atomic E-state index is 0.0227. The first-order valence-electron chi connectivity index (χ1n) is 6.50. The molecule has 1 saturated heterocycles. The van der Waals surface area contributed by atoms with Crippen LogP contribution in [0.25, 0.3) is 0 Å². The number of hydrogen-bond donors (Lipinski definition) is 2. The summed E-state index contributed by atoms with van der Waals surface area (Å²) in [6, 6.07) is 0. The van der Waals surface area contributed by atoms with Crippen LogP contribution in [0.1, 0.15) is 32.4 Å². The zero-order valence-electron chi connectivity index (χ0n) is 11.1. The summed E-state index contributed by atoms with van der Waals surface area (Å²) >= 11 is 0. The van der Waals surface area contributed by atoms with Crippen LogP contribution in [-0.2, 0) is 17.8 Å². The lowest BCUT2D eigenvalue weighted by Crippen LogP contribution is -2.47. The van der Waals surface area contributed by atoms with Crippen molar-refractivity contribution in [2.24, 2.45) is 0 Å². The van der Waals surface area contributed by atoms with E-state index in [9.17, 15) is 0 Å². The fourth-order valence-corrected chi connectivity index (χ4v) is 2.12. The van der Waals surface area contributed by atoms with Gasteiger partial charge < -0.3 is 15.2 Å². The molecular weight excluding hydrogens is 232 g/mol. The first kappa shape index (κ1) is 13.5. The zero-order valence-corrected chi connectivity index (χ0v) is 11.1. The van der Waals surface area contributed by atoms with Gasteiger partial charge in [0.25, 0.3) is 0 Å². The molecule has 0 amide bonds. The van der Waals surface area contributed by atoms with Gasteiger partial charge in [0.2, 0.25) is 0 Å². The lowest BCUT2D eigenvalue weighted by Gasteiger charge is -2.28. The standard InChI is InChI=1S/C12H22N4O2/c1-10-12(2,4-7-18-10)13-8-11-9-16(15-14-11)5-3-6-17/h9-10,13,17H,3-8H2,1-2H3. The molecule has 102 valence electrons. The van der Waals surface area contributed by atoms with Crippen molar-refractivity contribution in [2.75, 3.05) is 13.2 Å². The molecule has 0 aliphatic carbocycles. The van der Waals surface area contributed by atoms with Crippen LogP contribution in [0.5, 0.6) is 0 Å². The number of ether oxygens (including phenoxy) is 1. The molecule has 1 aromatic rings. The zero-order chi connectivity index (χ0) is 13.0. The van der Waals surface area contributed by atoms with E-state index in [2.05, 4.69) is 29.5 Å². The second-order valence-electron chi connectivity index (χ2n) is 5.08. The van der Waals surface area contributed by atoms with Gasteiger partial charge >= 0.3 is 0 Å². The Balaban J connectivity index is 1.84. The van der Waals surface area contributed by atoms with E-state index in [1.807, 2.05) is 6.20 Å².